The molecule has 2 rings (SSSR count). The van der Waals surface area contributed by atoms with E-state index >= 15 is 0 Å². The van der Waals surface area contributed by atoms with E-state index < -0.39 is 21.7 Å². The molecule has 0 bridgehead atoms. The minimum Gasteiger partial charge on any atom is -0.386 e. The summed E-state index contributed by atoms with van der Waals surface area (Å²) in [5, 5.41) is 12.5. The van der Waals surface area contributed by atoms with Crippen molar-refractivity contribution >= 4 is 44.7 Å². The molecule has 0 fully saturated rings. The normalized spacial score (nSPS) is 12.1. The molecule has 2 aromatic rings. The number of carbonyl (C=O) groups excluding carboxylic acids is 1. The van der Waals surface area contributed by atoms with Crippen LogP contribution in [0.1, 0.15) is 30.5 Å². The van der Waals surface area contributed by atoms with E-state index in [1.165, 1.54) is 19.9 Å². The average molecular weight is 404 g/mol. The topological polar surface area (TPSA) is 108 Å². The van der Waals surface area contributed by atoms with Crippen LogP contribution in [0.4, 0.5) is 10.5 Å². The number of hydrogen-bond acceptors (Lipinski definition) is 6. The van der Waals surface area contributed by atoms with E-state index in [0.717, 1.165) is 11.3 Å². The monoisotopic (exact) mass is 403 g/mol. The number of aryl methyl sites for hydroxylation is 2. The molecule has 0 saturated heterocycles. The van der Waals surface area contributed by atoms with Crippen molar-refractivity contribution in [2.75, 3.05) is 5.32 Å². The molecular weight excluding hydrogens is 386 g/mol. The Morgan fingerprint density at radius 1 is 1.28 bits per heavy atom. The summed E-state index contributed by atoms with van der Waals surface area (Å²) in [5.74, 6) is 0. The Kier molecular flexibility index (Phi) is 5.43. The van der Waals surface area contributed by atoms with Crippen LogP contribution in [0.3, 0.4) is 0 Å². The first-order valence-electron chi connectivity index (χ1n) is 7.19. The lowest BCUT2D eigenvalue weighted by molar-refractivity contribution is 0.0790. The SMILES string of the molecule is Cc1cncc(C)c1NC(=O)NS(=O)(=O)c1cc(C(C)(C)O)c(Cl)s1. The van der Waals surface area contributed by atoms with Crippen molar-refractivity contribution in [1.82, 2.24) is 9.71 Å². The number of thiophene rings is 1. The summed E-state index contributed by atoms with van der Waals surface area (Å²) >= 11 is 6.77. The molecule has 136 valence electrons. The maximum Gasteiger partial charge on any atom is 0.333 e. The first-order valence-corrected chi connectivity index (χ1v) is 9.87. The minimum absolute atomic E-state index is 0.147. The second kappa shape index (κ2) is 6.91. The average Bonchev–Trinajstić information content (AvgIpc) is 2.85. The van der Waals surface area contributed by atoms with Gasteiger partial charge in [-0.05, 0) is 44.9 Å². The fourth-order valence-electron chi connectivity index (χ4n) is 2.11. The second-order valence-corrected chi connectivity index (χ2v) is 9.58. The van der Waals surface area contributed by atoms with Gasteiger partial charge in [0.15, 0.2) is 0 Å². The van der Waals surface area contributed by atoms with E-state index in [9.17, 15) is 18.3 Å². The van der Waals surface area contributed by atoms with Crippen molar-refractivity contribution in [2.45, 2.75) is 37.5 Å². The summed E-state index contributed by atoms with van der Waals surface area (Å²) in [6.45, 7) is 6.48. The molecule has 2 amide bonds. The van der Waals surface area contributed by atoms with E-state index in [-0.39, 0.29) is 14.1 Å². The molecule has 3 N–H and O–H groups in total. The van der Waals surface area contributed by atoms with E-state index in [1.807, 2.05) is 4.72 Å². The Labute approximate surface area is 155 Å². The molecule has 0 spiro atoms. The maximum absolute atomic E-state index is 12.4. The molecule has 2 heterocycles. The quantitative estimate of drug-likeness (QED) is 0.726. The minimum atomic E-state index is -4.12. The van der Waals surface area contributed by atoms with Crippen LogP contribution in [0.5, 0.6) is 0 Å². The van der Waals surface area contributed by atoms with Gasteiger partial charge in [-0.3, -0.25) is 4.98 Å². The predicted octanol–water partition coefficient (Wildman–Crippen LogP) is 3.15. The van der Waals surface area contributed by atoms with Gasteiger partial charge in [-0.25, -0.2) is 17.9 Å². The highest BCUT2D eigenvalue weighted by molar-refractivity contribution is 7.92. The summed E-state index contributed by atoms with van der Waals surface area (Å²) in [6.07, 6.45) is 3.12. The third-order valence-corrected chi connectivity index (χ3v) is 6.54. The number of hydrogen-bond donors (Lipinski definition) is 3. The van der Waals surface area contributed by atoms with E-state index in [4.69, 9.17) is 11.6 Å². The number of carbonyl (C=O) groups is 1. The van der Waals surface area contributed by atoms with Crippen LogP contribution in [0, 0.1) is 13.8 Å². The van der Waals surface area contributed by atoms with Gasteiger partial charge >= 0.3 is 6.03 Å². The van der Waals surface area contributed by atoms with Crippen molar-refractivity contribution in [3.05, 3.63) is 39.5 Å². The lowest BCUT2D eigenvalue weighted by Crippen LogP contribution is -2.34. The molecule has 2 aromatic heterocycles. The summed E-state index contributed by atoms with van der Waals surface area (Å²) in [6, 6.07) is 0.359. The largest absolute Gasteiger partial charge is 0.386 e. The molecule has 0 aliphatic carbocycles. The van der Waals surface area contributed by atoms with Gasteiger partial charge in [0, 0.05) is 18.0 Å². The first-order chi connectivity index (χ1) is 11.4. The van der Waals surface area contributed by atoms with Crippen LogP contribution in [-0.4, -0.2) is 24.5 Å². The molecule has 0 aliphatic rings. The molecule has 0 aromatic carbocycles. The van der Waals surface area contributed by atoms with Crippen LogP contribution >= 0.6 is 22.9 Å². The van der Waals surface area contributed by atoms with Crippen LogP contribution in [0.2, 0.25) is 4.34 Å². The fraction of sp³-hybridized carbons (Fsp3) is 0.333. The Bertz CT molecular complexity index is 897. The summed E-state index contributed by atoms with van der Waals surface area (Å²) in [7, 11) is -4.12. The van der Waals surface area contributed by atoms with Crippen molar-refractivity contribution in [3.63, 3.8) is 0 Å². The third-order valence-electron chi connectivity index (χ3n) is 3.38. The van der Waals surface area contributed by atoms with Crippen LogP contribution in [0.15, 0.2) is 22.7 Å². The summed E-state index contributed by atoms with van der Waals surface area (Å²) in [5.41, 5.74) is 0.881. The van der Waals surface area contributed by atoms with Crippen LogP contribution in [-0.2, 0) is 15.6 Å². The van der Waals surface area contributed by atoms with Gasteiger partial charge < -0.3 is 10.4 Å². The van der Waals surface area contributed by atoms with Crippen LogP contribution in [0.25, 0.3) is 0 Å². The molecule has 0 saturated carbocycles. The van der Waals surface area contributed by atoms with Gasteiger partial charge in [-0.2, -0.15) is 0 Å². The Morgan fingerprint density at radius 2 is 1.84 bits per heavy atom. The number of halogens is 1. The lowest BCUT2D eigenvalue weighted by Gasteiger charge is -2.15. The molecule has 10 heteroatoms. The molecular formula is C15H18ClN3O4S2. The first kappa shape index (κ1) is 19.6. The molecule has 7 nitrogen and oxygen atoms in total. The Morgan fingerprint density at radius 3 is 2.32 bits per heavy atom. The van der Waals surface area contributed by atoms with Gasteiger partial charge in [-0.1, -0.05) is 11.6 Å². The van der Waals surface area contributed by atoms with Crippen molar-refractivity contribution in [2.24, 2.45) is 0 Å². The molecule has 0 unspecified atom stereocenters. The number of amides is 2. The number of nitrogens with one attached hydrogen (secondary N) is 2. The van der Waals surface area contributed by atoms with Gasteiger partial charge in [0.1, 0.15) is 8.55 Å². The van der Waals surface area contributed by atoms with E-state index in [2.05, 4.69) is 10.3 Å². The highest BCUT2D eigenvalue weighted by Gasteiger charge is 2.28. The van der Waals surface area contributed by atoms with Crippen molar-refractivity contribution in [3.8, 4) is 0 Å². The number of aromatic nitrogens is 1. The zero-order valence-electron chi connectivity index (χ0n) is 14.0. The fourth-order valence-corrected chi connectivity index (χ4v) is 5.03. The molecule has 0 atom stereocenters. The van der Waals surface area contributed by atoms with Crippen molar-refractivity contribution < 1.29 is 18.3 Å². The highest BCUT2D eigenvalue weighted by Crippen LogP contribution is 2.37. The van der Waals surface area contributed by atoms with Crippen molar-refractivity contribution in [1.29, 1.82) is 0 Å². The number of sulfonamides is 1. The number of rotatable bonds is 4. The summed E-state index contributed by atoms with van der Waals surface area (Å²) in [4.78, 5) is 16.1. The van der Waals surface area contributed by atoms with Gasteiger partial charge in [0.05, 0.1) is 11.3 Å². The van der Waals surface area contributed by atoms with Gasteiger partial charge in [-0.15, -0.1) is 11.3 Å². The second-order valence-electron chi connectivity index (χ2n) is 6.02. The number of anilines is 1. The van der Waals surface area contributed by atoms with Gasteiger partial charge in [0.2, 0.25) is 0 Å². The maximum atomic E-state index is 12.4. The zero-order chi connectivity index (χ0) is 19.0. The number of urea groups is 1. The van der Waals surface area contributed by atoms with E-state index in [1.54, 1.807) is 26.2 Å². The lowest BCUT2D eigenvalue weighted by atomic mass is 10.0. The summed E-state index contributed by atoms with van der Waals surface area (Å²) < 4.78 is 26.7. The predicted molar refractivity (Wildman–Crippen MR) is 97.6 cm³/mol. The third kappa shape index (κ3) is 4.49. The Hall–Kier alpha value is -1.68. The smallest absolute Gasteiger partial charge is 0.333 e. The molecule has 0 radical (unpaired) electrons. The van der Waals surface area contributed by atoms with E-state index in [0.29, 0.717) is 16.8 Å². The molecule has 25 heavy (non-hydrogen) atoms. The standard InChI is InChI=1S/C15H18ClN3O4S2/c1-8-6-17-7-9(2)12(8)18-14(20)19-25(22,23)11-5-10(13(16)24-11)15(3,4)21/h5-7,21H,1-4H3,(H2,17,18,19,20). The highest BCUT2D eigenvalue weighted by atomic mass is 35.5. The number of nitrogens with zero attached hydrogens (tertiary/aromatic N) is 1. The number of pyridine rings is 1. The molecule has 0 aliphatic heterocycles. The number of aliphatic hydroxyl groups is 1. The van der Waals surface area contributed by atoms with Gasteiger partial charge in [0.25, 0.3) is 10.0 Å². The van der Waals surface area contributed by atoms with Crippen LogP contribution < -0.4 is 10.0 Å². The Balaban J connectivity index is 2.23. The zero-order valence-corrected chi connectivity index (χ0v) is 16.4.